The van der Waals surface area contributed by atoms with Gasteiger partial charge in [-0.15, -0.1) is 0 Å². The third-order valence-corrected chi connectivity index (χ3v) is 2.31. The summed E-state index contributed by atoms with van der Waals surface area (Å²) in [5.74, 6) is 0.203. The summed E-state index contributed by atoms with van der Waals surface area (Å²) in [6, 6.07) is 3.56. The maximum Gasteiger partial charge on any atom is 0.120 e. The number of benzene rings is 1. The van der Waals surface area contributed by atoms with Crippen LogP contribution >= 0.6 is 0 Å². The molecule has 1 N–H and O–H groups in total. The standard InChI is InChI=1S/C10H11NO/c1-6-7(2)9(5-11)4-10(12)8(6)3/h4,12H,1-3H3. The van der Waals surface area contributed by atoms with Gasteiger partial charge in [0, 0.05) is 0 Å². The second-order valence-electron chi connectivity index (χ2n) is 2.93. The highest BCUT2D eigenvalue weighted by Gasteiger charge is 2.07. The molecule has 1 aromatic carbocycles. The lowest BCUT2D eigenvalue weighted by Crippen LogP contribution is -1.91. The molecular formula is C10H11NO. The van der Waals surface area contributed by atoms with Crippen molar-refractivity contribution >= 4 is 0 Å². The Hall–Kier alpha value is -1.49. The predicted molar refractivity (Wildman–Crippen MR) is 47.0 cm³/mol. The van der Waals surface area contributed by atoms with Crippen molar-refractivity contribution in [3.05, 3.63) is 28.3 Å². The van der Waals surface area contributed by atoms with Crippen LogP contribution in [0.3, 0.4) is 0 Å². The molecule has 0 heterocycles. The summed E-state index contributed by atoms with van der Waals surface area (Å²) >= 11 is 0. The van der Waals surface area contributed by atoms with Crippen LogP contribution in [-0.2, 0) is 0 Å². The van der Waals surface area contributed by atoms with Gasteiger partial charge in [-0.25, -0.2) is 0 Å². The van der Waals surface area contributed by atoms with Crippen molar-refractivity contribution in [2.24, 2.45) is 0 Å². The predicted octanol–water partition coefficient (Wildman–Crippen LogP) is 2.19. The largest absolute Gasteiger partial charge is 0.508 e. The summed E-state index contributed by atoms with van der Waals surface area (Å²) in [4.78, 5) is 0. The highest BCUT2D eigenvalue weighted by molar-refractivity contribution is 5.51. The summed E-state index contributed by atoms with van der Waals surface area (Å²) in [7, 11) is 0. The van der Waals surface area contributed by atoms with Crippen LogP contribution in [0.4, 0.5) is 0 Å². The van der Waals surface area contributed by atoms with Gasteiger partial charge in [-0.05, 0) is 43.5 Å². The van der Waals surface area contributed by atoms with Gasteiger partial charge in [0.25, 0.3) is 0 Å². The molecule has 0 amide bonds. The molecule has 2 heteroatoms. The van der Waals surface area contributed by atoms with Crippen molar-refractivity contribution in [1.82, 2.24) is 0 Å². The Kier molecular flexibility index (Phi) is 2.05. The van der Waals surface area contributed by atoms with Crippen molar-refractivity contribution in [3.8, 4) is 11.8 Å². The molecule has 12 heavy (non-hydrogen) atoms. The number of nitrogens with zero attached hydrogens (tertiary/aromatic N) is 1. The van der Waals surface area contributed by atoms with Crippen molar-refractivity contribution in [1.29, 1.82) is 5.26 Å². The minimum atomic E-state index is 0.203. The van der Waals surface area contributed by atoms with Crippen LogP contribution in [0.5, 0.6) is 5.75 Å². The van der Waals surface area contributed by atoms with Crippen LogP contribution in [0.25, 0.3) is 0 Å². The molecule has 0 radical (unpaired) electrons. The van der Waals surface area contributed by atoms with Crippen LogP contribution in [0.1, 0.15) is 22.3 Å². The fraction of sp³-hybridized carbons (Fsp3) is 0.300. The van der Waals surface area contributed by atoms with Gasteiger partial charge in [0.05, 0.1) is 11.6 Å². The minimum absolute atomic E-state index is 0.203. The molecule has 0 aromatic heterocycles. The summed E-state index contributed by atoms with van der Waals surface area (Å²) in [6.07, 6.45) is 0. The highest BCUT2D eigenvalue weighted by Crippen LogP contribution is 2.25. The van der Waals surface area contributed by atoms with Crippen molar-refractivity contribution in [3.63, 3.8) is 0 Å². The molecule has 0 aliphatic heterocycles. The first-order valence-corrected chi connectivity index (χ1v) is 3.77. The van der Waals surface area contributed by atoms with E-state index >= 15 is 0 Å². The molecule has 0 aliphatic carbocycles. The minimum Gasteiger partial charge on any atom is -0.508 e. The Bertz CT molecular complexity index is 361. The SMILES string of the molecule is Cc1c(O)cc(C#N)c(C)c1C. The molecular weight excluding hydrogens is 150 g/mol. The lowest BCUT2D eigenvalue weighted by Gasteiger charge is -2.07. The van der Waals surface area contributed by atoms with Gasteiger partial charge >= 0.3 is 0 Å². The number of rotatable bonds is 0. The van der Waals surface area contributed by atoms with E-state index in [4.69, 9.17) is 5.26 Å². The van der Waals surface area contributed by atoms with Crippen LogP contribution < -0.4 is 0 Å². The maximum absolute atomic E-state index is 9.39. The first kappa shape index (κ1) is 8.61. The Morgan fingerprint density at radius 1 is 1.17 bits per heavy atom. The van der Waals surface area contributed by atoms with Crippen LogP contribution in [0.15, 0.2) is 6.07 Å². The Morgan fingerprint density at radius 3 is 2.25 bits per heavy atom. The molecule has 62 valence electrons. The molecule has 0 unspecified atom stereocenters. The van der Waals surface area contributed by atoms with E-state index in [0.717, 1.165) is 16.7 Å². The van der Waals surface area contributed by atoms with Crippen LogP contribution in [-0.4, -0.2) is 5.11 Å². The zero-order valence-corrected chi connectivity index (χ0v) is 7.47. The van der Waals surface area contributed by atoms with Crippen molar-refractivity contribution in [2.45, 2.75) is 20.8 Å². The van der Waals surface area contributed by atoms with E-state index in [0.29, 0.717) is 5.56 Å². The third-order valence-electron chi connectivity index (χ3n) is 2.31. The highest BCUT2D eigenvalue weighted by atomic mass is 16.3. The molecule has 0 atom stereocenters. The molecule has 0 fully saturated rings. The van der Waals surface area contributed by atoms with Crippen molar-refractivity contribution in [2.75, 3.05) is 0 Å². The van der Waals surface area contributed by atoms with Crippen molar-refractivity contribution < 1.29 is 5.11 Å². The van der Waals surface area contributed by atoms with E-state index < -0.39 is 0 Å². The van der Waals surface area contributed by atoms with Crippen LogP contribution in [0.2, 0.25) is 0 Å². The summed E-state index contributed by atoms with van der Waals surface area (Å²) in [5.41, 5.74) is 3.35. The average Bonchev–Trinajstić information content (AvgIpc) is 2.08. The molecule has 1 rings (SSSR count). The van der Waals surface area contributed by atoms with Gasteiger partial charge in [0.15, 0.2) is 0 Å². The number of phenols is 1. The fourth-order valence-corrected chi connectivity index (χ4v) is 1.14. The Labute approximate surface area is 72.1 Å². The van der Waals surface area contributed by atoms with Crippen LogP contribution in [0, 0.1) is 32.1 Å². The maximum atomic E-state index is 9.39. The summed E-state index contributed by atoms with van der Waals surface area (Å²) < 4.78 is 0. The van der Waals surface area contributed by atoms with E-state index in [2.05, 4.69) is 0 Å². The zero-order chi connectivity index (χ0) is 9.30. The van der Waals surface area contributed by atoms with E-state index in [1.807, 2.05) is 26.8 Å². The smallest absolute Gasteiger partial charge is 0.120 e. The second-order valence-corrected chi connectivity index (χ2v) is 2.93. The normalized spacial score (nSPS) is 9.50. The Balaban J connectivity index is 3.52. The quantitative estimate of drug-likeness (QED) is 0.633. The summed E-state index contributed by atoms with van der Waals surface area (Å²) in [6.45, 7) is 5.64. The first-order chi connectivity index (χ1) is 5.57. The second kappa shape index (κ2) is 2.86. The average molecular weight is 161 g/mol. The monoisotopic (exact) mass is 161 g/mol. The molecule has 0 saturated heterocycles. The third kappa shape index (κ3) is 1.14. The molecule has 1 aromatic rings. The number of hydrogen-bond acceptors (Lipinski definition) is 2. The molecule has 2 nitrogen and oxygen atoms in total. The van der Waals surface area contributed by atoms with E-state index in [1.54, 1.807) is 0 Å². The fourth-order valence-electron chi connectivity index (χ4n) is 1.14. The number of aromatic hydroxyl groups is 1. The number of nitriles is 1. The number of phenolic OH excluding ortho intramolecular Hbond substituents is 1. The van der Waals surface area contributed by atoms with Gasteiger partial charge in [-0.2, -0.15) is 5.26 Å². The van der Waals surface area contributed by atoms with Gasteiger partial charge in [-0.3, -0.25) is 0 Å². The topological polar surface area (TPSA) is 44.0 Å². The van der Waals surface area contributed by atoms with Gasteiger partial charge < -0.3 is 5.11 Å². The van der Waals surface area contributed by atoms with Gasteiger partial charge in [0.2, 0.25) is 0 Å². The Morgan fingerprint density at radius 2 is 1.75 bits per heavy atom. The molecule has 0 aliphatic rings. The summed E-state index contributed by atoms with van der Waals surface area (Å²) in [5, 5.41) is 18.1. The van der Waals surface area contributed by atoms with E-state index in [9.17, 15) is 5.11 Å². The number of hydrogen-bond donors (Lipinski definition) is 1. The first-order valence-electron chi connectivity index (χ1n) is 3.77. The lowest BCUT2D eigenvalue weighted by atomic mass is 9.99. The zero-order valence-electron chi connectivity index (χ0n) is 7.47. The van der Waals surface area contributed by atoms with E-state index in [1.165, 1.54) is 6.07 Å². The molecule has 0 saturated carbocycles. The van der Waals surface area contributed by atoms with Gasteiger partial charge in [-0.1, -0.05) is 0 Å². The molecule has 0 bridgehead atoms. The van der Waals surface area contributed by atoms with E-state index in [-0.39, 0.29) is 5.75 Å². The molecule has 0 spiro atoms. The van der Waals surface area contributed by atoms with Gasteiger partial charge in [0.1, 0.15) is 5.75 Å². The lowest BCUT2D eigenvalue weighted by molar-refractivity contribution is 0.470.